The van der Waals surface area contributed by atoms with Crippen molar-refractivity contribution in [3.05, 3.63) is 35.9 Å². The van der Waals surface area contributed by atoms with Crippen LogP contribution in [0.3, 0.4) is 0 Å². The van der Waals surface area contributed by atoms with Crippen molar-refractivity contribution in [3.8, 4) is 0 Å². The topological polar surface area (TPSA) is 47.7 Å². The van der Waals surface area contributed by atoms with Gasteiger partial charge in [0.1, 0.15) is 0 Å². The van der Waals surface area contributed by atoms with Gasteiger partial charge in [0.05, 0.1) is 24.5 Å². The van der Waals surface area contributed by atoms with Crippen LogP contribution in [0.5, 0.6) is 0 Å². The number of nitrogens with one attached hydrogen (secondary N) is 1. The first-order valence-corrected chi connectivity index (χ1v) is 7.50. The van der Waals surface area contributed by atoms with Gasteiger partial charge in [-0.25, -0.2) is 0 Å². The molecule has 1 atom stereocenters. The molecule has 0 spiro atoms. The van der Waals surface area contributed by atoms with E-state index in [0.29, 0.717) is 12.1 Å². The van der Waals surface area contributed by atoms with Crippen LogP contribution in [0.15, 0.2) is 24.7 Å². The van der Waals surface area contributed by atoms with Crippen LogP contribution in [0.25, 0.3) is 0 Å². The summed E-state index contributed by atoms with van der Waals surface area (Å²) < 4.78 is 4.10. The monoisotopic (exact) mass is 273 g/mol. The highest BCUT2D eigenvalue weighted by Gasteiger charge is 2.17. The second kappa shape index (κ2) is 5.79. The van der Waals surface area contributed by atoms with E-state index in [2.05, 4.69) is 40.5 Å². The lowest BCUT2D eigenvalue weighted by Crippen LogP contribution is -2.11. The largest absolute Gasteiger partial charge is 0.313 e. The molecule has 2 aromatic rings. The van der Waals surface area contributed by atoms with E-state index in [1.807, 2.05) is 17.9 Å². The molecule has 0 radical (unpaired) electrons. The molecular formula is C15H23N5. The maximum absolute atomic E-state index is 4.70. The van der Waals surface area contributed by atoms with Crippen molar-refractivity contribution < 1.29 is 0 Å². The predicted octanol–water partition coefficient (Wildman–Crippen LogP) is 2.52. The van der Waals surface area contributed by atoms with E-state index in [4.69, 9.17) is 5.10 Å². The molecule has 108 valence electrons. The third-order valence-electron chi connectivity index (χ3n) is 4.27. The second-order valence-electron chi connectivity index (χ2n) is 5.71. The number of rotatable bonds is 5. The van der Waals surface area contributed by atoms with Gasteiger partial charge in [0.25, 0.3) is 0 Å². The van der Waals surface area contributed by atoms with Crippen LogP contribution >= 0.6 is 0 Å². The van der Waals surface area contributed by atoms with Crippen molar-refractivity contribution in [1.82, 2.24) is 24.9 Å². The fourth-order valence-electron chi connectivity index (χ4n) is 2.86. The first kappa shape index (κ1) is 13.4. The average molecular weight is 273 g/mol. The van der Waals surface area contributed by atoms with Gasteiger partial charge < -0.3 is 5.32 Å². The summed E-state index contributed by atoms with van der Waals surface area (Å²) in [6.45, 7) is 2.88. The fraction of sp³-hybridized carbons (Fsp3) is 0.600. The molecule has 0 bridgehead atoms. The van der Waals surface area contributed by atoms with Crippen LogP contribution in [-0.4, -0.2) is 26.6 Å². The molecule has 1 saturated carbocycles. The van der Waals surface area contributed by atoms with E-state index in [1.165, 1.54) is 31.2 Å². The summed E-state index contributed by atoms with van der Waals surface area (Å²) >= 11 is 0. The average Bonchev–Trinajstić information content (AvgIpc) is 3.19. The molecule has 0 saturated heterocycles. The van der Waals surface area contributed by atoms with Gasteiger partial charge in [0.15, 0.2) is 0 Å². The Morgan fingerprint density at radius 1 is 1.40 bits per heavy atom. The normalized spacial score (nSPS) is 17.7. The van der Waals surface area contributed by atoms with E-state index in [9.17, 15) is 0 Å². The SMILES string of the molecule is CNC(C)c1cnn(Cc2ccn(C3CCCC3)n2)c1. The predicted molar refractivity (Wildman–Crippen MR) is 78.5 cm³/mol. The van der Waals surface area contributed by atoms with Gasteiger partial charge in [-0.05, 0) is 32.9 Å². The molecular weight excluding hydrogens is 250 g/mol. The van der Waals surface area contributed by atoms with Crippen LogP contribution in [0.4, 0.5) is 0 Å². The highest BCUT2D eigenvalue weighted by atomic mass is 15.3. The lowest BCUT2D eigenvalue weighted by atomic mass is 10.2. The number of hydrogen-bond donors (Lipinski definition) is 1. The lowest BCUT2D eigenvalue weighted by molar-refractivity contribution is 0.460. The summed E-state index contributed by atoms with van der Waals surface area (Å²) in [6, 6.07) is 3.06. The first-order valence-electron chi connectivity index (χ1n) is 7.50. The Balaban J connectivity index is 1.66. The summed E-state index contributed by atoms with van der Waals surface area (Å²) in [5, 5.41) is 12.3. The first-order chi connectivity index (χ1) is 9.76. The highest BCUT2D eigenvalue weighted by Crippen LogP contribution is 2.28. The van der Waals surface area contributed by atoms with Crippen molar-refractivity contribution in [1.29, 1.82) is 0 Å². The summed E-state index contributed by atoms with van der Waals surface area (Å²) in [7, 11) is 1.96. The molecule has 0 aliphatic heterocycles. The summed E-state index contributed by atoms with van der Waals surface area (Å²) in [4.78, 5) is 0. The van der Waals surface area contributed by atoms with Gasteiger partial charge >= 0.3 is 0 Å². The smallest absolute Gasteiger partial charge is 0.0849 e. The van der Waals surface area contributed by atoms with Crippen LogP contribution in [0.2, 0.25) is 0 Å². The summed E-state index contributed by atoms with van der Waals surface area (Å²) in [5.74, 6) is 0. The van der Waals surface area contributed by atoms with Gasteiger partial charge in [0, 0.05) is 24.0 Å². The minimum Gasteiger partial charge on any atom is -0.313 e. The number of aromatic nitrogens is 4. The zero-order valence-corrected chi connectivity index (χ0v) is 12.3. The van der Waals surface area contributed by atoms with Gasteiger partial charge in [-0.2, -0.15) is 10.2 Å². The van der Waals surface area contributed by atoms with Crippen molar-refractivity contribution in [2.45, 2.75) is 51.2 Å². The number of nitrogens with zero attached hydrogens (tertiary/aromatic N) is 4. The highest BCUT2D eigenvalue weighted by molar-refractivity contribution is 5.10. The third-order valence-corrected chi connectivity index (χ3v) is 4.27. The molecule has 1 aliphatic rings. The van der Waals surface area contributed by atoms with Crippen LogP contribution in [0, 0.1) is 0 Å². The lowest BCUT2D eigenvalue weighted by Gasteiger charge is -2.08. The van der Waals surface area contributed by atoms with E-state index in [1.54, 1.807) is 0 Å². The minimum absolute atomic E-state index is 0.333. The summed E-state index contributed by atoms with van der Waals surface area (Å²) in [6.07, 6.45) is 11.4. The molecule has 5 heteroatoms. The Hall–Kier alpha value is -1.62. The summed E-state index contributed by atoms with van der Waals surface area (Å²) in [5.41, 5.74) is 2.30. The van der Waals surface area contributed by atoms with E-state index in [-0.39, 0.29) is 0 Å². The maximum atomic E-state index is 4.70. The molecule has 2 aromatic heterocycles. The van der Waals surface area contributed by atoms with Crippen molar-refractivity contribution in [3.63, 3.8) is 0 Å². The van der Waals surface area contributed by atoms with Gasteiger partial charge in [-0.3, -0.25) is 9.36 Å². The van der Waals surface area contributed by atoms with Crippen LogP contribution in [-0.2, 0) is 6.54 Å². The number of hydrogen-bond acceptors (Lipinski definition) is 3. The Morgan fingerprint density at radius 2 is 2.20 bits per heavy atom. The van der Waals surface area contributed by atoms with E-state index < -0.39 is 0 Å². The van der Waals surface area contributed by atoms with Crippen LogP contribution in [0.1, 0.15) is 55.9 Å². The van der Waals surface area contributed by atoms with Gasteiger partial charge in [0.2, 0.25) is 0 Å². The molecule has 1 aliphatic carbocycles. The zero-order valence-electron chi connectivity index (χ0n) is 12.3. The molecule has 1 unspecified atom stereocenters. The molecule has 0 aromatic carbocycles. The third kappa shape index (κ3) is 2.77. The quantitative estimate of drug-likeness (QED) is 0.910. The van der Waals surface area contributed by atoms with Crippen LogP contribution < -0.4 is 5.32 Å². The maximum Gasteiger partial charge on any atom is 0.0849 e. The molecule has 2 heterocycles. The zero-order chi connectivity index (χ0) is 13.9. The van der Waals surface area contributed by atoms with Crippen molar-refractivity contribution in [2.75, 3.05) is 7.05 Å². The Bertz CT molecular complexity index is 550. The Labute approximate surface area is 120 Å². The second-order valence-corrected chi connectivity index (χ2v) is 5.71. The molecule has 3 rings (SSSR count). The van der Waals surface area contributed by atoms with E-state index >= 15 is 0 Å². The molecule has 0 amide bonds. The van der Waals surface area contributed by atoms with Crippen molar-refractivity contribution in [2.24, 2.45) is 0 Å². The molecule has 1 fully saturated rings. The van der Waals surface area contributed by atoms with E-state index in [0.717, 1.165) is 12.2 Å². The molecule has 20 heavy (non-hydrogen) atoms. The minimum atomic E-state index is 0.333. The standard InChI is InChI=1S/C15H23N5/c1-12(16-2)13-9-17-19(10-13)11-14-7-8-20(18-14)15-5-3-4-6-15/h7-10,12,15-16H,3-6,11H2,1-2H3. The molecule has 1 N–H and O–H groups in total. The Kier molecular flexibility index (Phi) is 3.87. The fourth-order valence-corrected chi connectivity index (χ4v) is 2.86. The Morgan fingerprint density at radius 3 is 2.95 bits per heavy atom. The van der Waals surface area contributed by atoms with Gasteiger partial charge in [-0.15, -0.1) is 0 Å². The van der Waals surface area contributed by atoms with Crippen molar-refractivity contribution >= 4 is 0 Å². The van der Waals surface area contributed by atoms with Gasteiger partial charge in [-0.1, -0.05) is 12.8 Å². The molecule has 5 nitrogen and oxygen atoms in total.